The fourth-order valence-electron chi connectivity index (χ4n) is 5.18. The second kappa shape index (κ2) is 16.2. The highest BCUT2D eigenvalue weighted by Gasteiger charge is 2.38. The number of anilines is 3. The highest BCUT2D eigenvalue weighted by Crippen LogP contribution is 2.23. The second-order valence-electron chi connectivity index (χ2n) is 14.3. The summed E-state index contributed by atoms with van der Waals surface area (Å²) in [7, 11) is 4.96. The lowest BCUT2D eigenvalue weighted by molar-refractivity contribution is -0.149. The van der Waals surface area contributed by atoms with Gasteiger partial charge in [0.2, 0.25) is 5.95 Å². The number of rotatable bonds is 10. The predicted molar refractivity (Wildman–Crippen MR) is 191 cm³/mol. The summed E-state index contributed by atoms with van der Waals surface area (Å²) in [6, 6.07) is 12.8. The van der Waals surface area contributed by atoms with Gasteiger partial charge in [-0.3, -0.25) is 9.80 Å². The summed E-state index contributed by atoms with van der Waals surface area (Å²) in [5.74, 6) is 0.718. The molecular weight excluding hydrogens is 640 g/mol. The van der Waals surface area contributed by atoms with E-state index in [2.05, 4.69) is 20.2 Å². The Hall–Kier alpha value is -4.98. The number of aromatic nitrogens is 3. The van der Waals surface area contributed by atoms with Crippen molar-refractivity contribution in [1.29, 1.82) is 0 Å². The molecular formula is C36H50N8O6. The van der Waals surface area contributed by atoms with Crippen molar-refractivity contribution in [2.45, 2.75) is 65.3 Å². The zero-order chi connectivity index (χ0) is 36.6. The number of carbonyl (C=O) groups is 3. The Labute approximate surface area is 294 Å². The SMILES string of the molecule is COC(=O)C1CN(Cc2cccc(Nc3nccc(-c4ccc(N(C)CCN(C)C(=O)OC(C)(C)C)nc4)n3)c2)CCN1C(=O)OC(C)(C)C. The number of likely N-dealkylation sites (N-methyl/N-ethyl adjacent to an activating group) is 2. The van der Waals surface area contributed by atoms with Crippen LogP contribution in [-0.4, -0.2) is 119 Å². The van der Waals surface area contributed by atoms with Gasteiger partial charge in [0, 0.05) is 77.0 Å². The molecule has 0 radical (unpaired) electrons. The number of pyridine rings is 1. The number of hydrogen-bond acceptors (Lipinski definition) is 12. The Bertz CT molecular complexity index is 1620. The van der Waals surface area contributed by atoms with E-state index in [-0.39, 0.29) is 6.09 Å². The molecule has 1 atom stereocenters. The second-order valence-corrected chi connectivity index (χ2v) is 14.3. The van der Waals surface area contributed by atoms with Crippen molar-refractivity contribution in [2.75, 3.05) is 64.1 Å². The van der Waals surface area contributed by atoms with Gasteiger partial charge in [-0.05, 0) is 77.4 Å². The zero-order valence-corrected chi connectivity index (χ0v) is 30.6. The van der Waals surface area contributed by atoms with Crippen molar-refractivity contribution in [2.24, 2.45) is 0 Å². The van der Waals surface area contributed by atoms with Gasteiger partial charge >= 0.3 is 18.2 Å². The summed E-state index contributed by atoms with van der Waals surface area (Å²) in [5.41, 5.74) is 2.15. The summed E-state index contributed by atoms with van der Waals surface area (Å²) in [4.78, 5) is 58.6. The Morgan fingerprint density at radius 3 is 2.34 bits per heavy atom. The van der Waals surface area contributed by atoms with E-state index in [9.17, 15) is 14.4 Å². The van der Waals surface area contributed by atoms with E-state index in [0.717, 1.165) is 22.6 Å². The first-order valence-electron chi connectivity index (χ1n) is 16.6. The number of nitrogens with zero attached hydrogens (tertiary/aromatic N) is 7. The molecule has 14 heteroatoms. The number of carbonyl (C=O) groups excluding carboxylic acids is 3. The smallest absolute Gasteiger partial charge is 0.411 e. The van der Waals surface area contributed by atoms with Gasteiger partial charge in [-0.2, -0.15) is 0 Å². The van der Waals surface area contributed by atoms with Gasteiger partial charge in [0.05, 0.1) is 12.8 Å². The van der Waals surface area contributed by atoms with Crippen LogP contribution < -0.4 is 10.2 Å². The van der Waals surface area contributed by atoms with E-state index in [4.69, 9.17) is 19.2 Å². The molecule has 1 aliphatic heterocycles. The van der Waals surface area contributed by atoms with Crippen LogP contribution in [0, 0.1) is 0 Å². The molecule has 1 fully saturated rings. The van der Waals surface area contributed by atoms with Gasteiger partial charge in [0.25, 0.3) is 0 Å². The van der Waals surface area contributed by atoms with E-state index >= 15 is 0 Å². The number of amides is 2. The van der Waals surface area contributed by atoms with Gasteiger partial charge < -0.3 is 29.3 Å². The molecule has 1 N–H and O–H groups in total. The average molecular weight is 691 g/mol. The minimum atomic E-state index is -0.768. The van der Waals surface area contributed by atoms with Crippen molar-refractivity contribution >= 4 is 35.6 Å². The topological polar surface area (TPSA) is 143 Å². The number of benzene rings is 1. The maximum atomic E-state index is 12.8. The van der Waals surface area contributed by atoms with E-state index in [1.807, 2.05) is 75.2 Å². The third-order valence-electron chi connectivity index (χ3n) is 7.72. The molecule has 3 aromatic rings. The summed E-state index contributed by atoms with van der Waals surface area (Å²) < 4.78 is 16.0. The molecule has 14 nitrogen and oxygen atoms in total. The van der Waals surface area contributed by atoms with Crippen LogP contribution in [0.5, 0.6) is 0 Å². The molecule has 1 saturated heterocycles. The quantitative estimate of drug-likeness (QED) is 0.221. The lowest BCUT2D eigenvalue weighted by Crippen LogP contribution is -2.59. The van der Waals surface area contributed by atoms with Gasteiger partial charge in [0.1, 0.15) is 23.1 Å². The van der Waals surface area contributed by atoms with Gasteiger partial charge in [-0.15, -0.1) is 0 Å². The van der Waals surface area contributed by atoms with Crippen molar-refractivity contribution in [3.63, 3.8) is 0 Å². The van der Waals surface area contributed by atoms with Crippen molar-refractivity contribution in [3.05, 3.63) is 60.4 Å². The minimum absolute atomic E-state index is 0.320. The number of esters is 1. The number of nitrogens with one attached hydrogen (secondary N) is 1. The van der Waals surface area contributed by atoms with E-state index in [0.29, 0.717) is 50.9 Å². The summed E-state index contributed by atoms with van der Waals surface area (Å²) in [6.07, 6.45) is 2.57. The lowest BCUT2D eigenvalue weighted by Gasteiger charge is -2.40. The average Bonchev–Trinajstić information content (AvgIpc) is 3.05. The lowest BCUT2D eigenvalue weighted by atomic mass is 10.1. The first-order valence-corrected chi connectivity index (χ1v) is 16.6. The zero-order valence-electron chi connectivity index (χ0n) is 30.6. The van der Waals surface area contributed by atoms with Gasteiger partial charge in [-0.1, -0.05) is 12.1 Å². The van der Waals surface area contributed by atoms with Crippen LogP contribution in [0.3, 0.4) is 0 Å². The van der Waals surface area contributed by atoms with Crippen LogP contribution in [-0.2, 0) is 25.5 Å². The fraction of sp³-hybridized carbons (Fsp3) is 0.500. The predicted octanol–water partition coefficient (Wildman–Crippen LogP) is 5.18. The van der Waals surface area contributed by atoms with Crippen LogP contribution in [0.25, 0.3) is 11.3 Å². The standard InChI is InChI=1S/C36H50N8O6/c1-35(2,3)49-33(46)42(8)18-17-41(7)30-14-13-26(22-38-30)28-15-16-37-32(40-28)39-27-12-10-11-25(21-27)23-43-19-20-44(29(24-43)31(45)48-9)34(47)50-36(4,5)6/h10-16,21-22,29H,17-20,23-24H2,1-9H3,(H,37,39,40). The molecule has 0 aliphatic carbocycles. The number of methoxy groups -OCH3 is 1. The number of ether oxygens (including phenoxy) is 3. The Morgan fingerprint density at radius 2 is 1.68 bits per heavy atom. The number of piperazine rings is 1. The molecule has 0 bridgehead atoms. The molecule has 0 spiro atoms. The van der Waals surface area contributed by atoms with Crippen LogP contribution in [0.2, 0.25) is 0 Å². The maximum Gasteiger partial charge on any atom is 0.411 e. The summed E-state index contributed by atoms with van der Waals surface area (Å²) >= 11 is 0. The van der Waals surface area contributed by atoms with Crippen molar-refractivity contribution in [3.8, 4) is 11.3 Å². The third kappa shape index (κ3) is 11.0. The molecule has 2 amide bonds. The highest BCUT2D eigenvalue weighted by molar-refractivity contribution is 5.82. The molecule has 1 aliphatic rings. The maximum absolute atomic E-state index is 12.8. The molecule has 1 aromatic carbocycles. The molecule has 50 heavy (non-hydrogen) atoms. The molecule has 3 heterocycles. The van der Waals surface area contributed by atoms with E-state index in [1.165, 1.54) is 12.0 Å². The summed E-state index contributed by atoms with van der Waals surface area (Å²) in [6.45, 7) is 13.8. The van der Waals surface area contributed by atoms with Crippen LogP contribution in [0.1, 0.15) is 47.1 Å². The van der Waals surface area contributed by atoms with E-state index < -0.39 is 29.3 Å². The summed E-state index contributed by atoms with van der Waals surface area (Å²) in [5, 5.41) is 3.30. The monoisotopic (exact) mass is 690 g/mol. The van der Waals surface area contributed by atoms with Crippen molar-refractivity contribution in [1.82, 2.24) is 29.7 Å². The highest BCUT2D eigenvalue weighted by atomic mass is 16.6. The first-order chi connectivity index (χ1) is 23.5. The first kappa shape index (κ1) is 37.8. The minimum Gasteiger partial charge on any atom is -0.467 e. The number of hydrogen-bond donors (Lipinski definition) is 1. The van der Waals surface area contributed by atoms with Crippen LogP contribution >= 0.6 is 0 Å². The Kier molecular flexibility index (Phi) is 12.2. The normalized spacial score (nSPS) is 15.2. The van der Waals surface area contributed by atoms with Crippen LogP contribution in [0.15, 0.2) is 54.9 Å². The largest absolute Gasteiger partial charge is 0.467 e. The molecule has 270 valence electrons. The molecule has 1 unspecified atom stereocenters. The van der Waals surface area contributed by atoms with Crippen LogP contribution in [0.4, 0.5) is 27.0 Å². The Balaban J connectivity index is 1.36. The van der Waals surface area contributed by atoms with E-state index in [1.54, 1.807) is 45.1 Å². The van der Waals surface area contributed by atoms with Crippen molar-refractivity contribution < 1.29 is 28.6 Å². The van der Waals surface area contributed by atoms with Gasteiger partial charge in [0.15, 0.2) is 0 Å². The Morgan fingerprint density at radius 1 is 0.940 bits per heavy atom. The van der Waals surface area contributed by atoms with Gasteiger partial charge in [-0.25, -0.2) is 29.3 Å². The third-order valence-corrected chi connectivity index (χ3v) is 7.72. The molecule has 4 rings (SSSR count). The molecule has 2 aromatic heterocycles. The fourth-order valence-corrected chi connectivity index (χ4v) is 5.18. The molecule has 0 saturated carbocycles.